The van der Waals surface area contributed by atoms with Crippen molar-refractivity contribution in [3.05, 3.63) is 54.1 Å². The van der Waals surface area contributed by atoms with E-state index in [1.165, 1.54) is 6.07 Å². The molecule has 162 valence electrons. The van der Waals surface area contributed by atoms with Gasteiger partial charge in [0.25, 0.3) is 5.91 Å². The number of aryl methyl sites for hydroxylation is 1. The predicted octanol–water partition coefficient (Wildman–Crippen LogP) is 2.77. The fourth-order valence-corrected chi connectivity index (χ4v) is 3.91. The first kappa shape index (κ1) is 20.8. The highest BCUT2D eigenvalue weighted by atomic mass is 19.1. The molecule has 8 nitrogen and oxygen atoms in total. The first-order valence-electron chi connectivity index (χ1n) is 10.3. The number of nitrogen functional groups attached to an aromatic ring is 1. The molecule has 1 atom stereocenters. The molecule has 0 aliphatic carbocycles. The molecule has 1 saturated heterocycles. The Bertz CT molecular complexity index is 1100. The summed E-state index contributed by atoms with van der Waals surface area (Å²) in [6, 6.07) is 9.49. The van der Waals surface area contributed by atoms with Crippen LogP contribution in [0.3, 0.4) is 0 Å². The number of amides is 1. The monoisotopic (exact) mass is 423 g/mol. The molecule has 5 N–H and O–H groups in total. The van der Waals surface area contributed by atoms with Gasteiger partial charge in [0.2, 0.25) is 0 Å². The van der Waals surface area contributed by atoms with Crippen molar-refractivity contribution in [2.75, 3.05) is 29.0 Å². The van der Waals surface area contributed by atoms with Crippen molar-refractivity contribution in [3.63, 3.8) is 0 Å². The molecule has 3 aromatic rings. The Morgan fingerprint density at radius 3 is 2.84 bits per heavy atom. The van der Waals surface area contributed by atoms with Crippen LogP contribution in [-0.4, -0.2) is 39.8 Å². The van der Waals surface area contributed by atoms with Gasteiger partial charge in [-0.05, 0) is 37.1 Å². The largest absolute Gasteiger partial charge is 0.397 e. The van der Waals surface area contributed by atoms with Crippen LogP contribution in [0.1, 0.15) is 29.8 Å². The van der Waals surface area contributed by atoms with Gasteiger partial charge in [-0.25, -0.2) is 9.37 Å². The maximum Gasteiger partial charge on any atom is 0.276 e. The molecule has 0 spiro atoms. The summed E-state index contributed by atoms with van der Waals surface area (Å²) in [5.74, 6) is -0.114. The van der Waals surface area contributed by atoms with E-state index >= 15 is 0 Å². The first-order valence-corrected chi connectivity index (χ1v) is 10.3. The SMILES string of the molecule is Cn1ncc(NC(=O)c2nc(-c3ccccc3F)ccc2N)c1N1CCCC[C@H](N)C1. The molecule has 1 amide bonds. The summed E-state index contributed by atoms with van der Waals surface area (Å²) in [5, 5.41) is 7.18. The second-order valence-electron chi connectivity index (χ2n) is 7.78. The third-order valence-electron chi connectivity index (χ3n) is 5.45. The number of nitrogens with two attached hydrogens (primary N) is 2. The zero-order chi connectivity index (χ0) is 22.0. The third-order valence-corrected chi connectivity index (χ3v) is 5.45. The molecule has 4 rings (SSSR count). The second kappa shape index (κ2) is 8.73. The number of aromatic nitrogens is 3. The number of nitrogens with zero attached hydrogens (tertiary/aromatic N) is 4. The van der Waals surface area contributed by atoms with Crippen molar-refractivity contribution in [3.8, 4) is 11.3 Å². The van der Waals surface area contributed by atoms with Crippen molar-refractivity contribution in [1.82, 2.24) is 14.8 Å². The van der Waals surface area contributed by atoms with Crippen LogP contribution in [0, 0.1) is 5.82 Å². The third kappa shape index (κ3) is 4.36. The summed E-state index contributed by atoms with van der Waals surface area (Å²) in [5.41, 5.74) is 13.7. The average molecular weight is 423 g/mol. The maximum atomic E-state index is 14.2. The Morgan fingerprint density at radius 1 is 1.23 bits per heavy atom. The van der Waals surface area contributed by atoms with E-state index in [1.807, 2.05) is 7.05 Å². The number of benzene rings is 1. The van der Waals surface area contributed by atoms with E-state index in [0.29, 0.717) is 23.5 Å². The summed E-state index contributed by atoms with van der Waals surface area (Å²) in [6.45, 7) is 1.52. The van der Waals surface area contributed by atoms with Gasteiger partial charge in [-0.2, -0.15) is 5.10 Å². The van der Waals surface area contributed by atoms with Gasteiger partial charge in [0.05, 0.1) is 17.6 Å². The Balaban J connectivity index is 1.62. The molecule has 3 heterocycles. The smallest absolute Gasteiger partial charge is 0.276 e. The molecule has 0 radical (unpaired) electrons. The van der Waals surface area contributed by atoms with Crippen LogP contribution in [-0.2, 0) is 7.05 Å². The van der Waals surface area contributed by atoms with E-state index in [0.717, 1.165) is 31.6 Å². The van der Waals surface area contributed by atoms with Crippen LogP contribution in [0.2, 0.25) is 0 Å². The minimum absolute atomic E-state index is 0.0307. The molecule has 0 unspecified atom stereocenters. The normalized spacial score (nSPS) is 16.7. The van der Waals surface area contributed by atoms with Gasteiger partial charge >= 0.3 is 0 Å². The summed E-state index contributed by atoms with van der Waals surface area (Å²) in [7, 11) is 1.83. The first-order chi connectivity index (χ1) is 14.9. The highest BCUT2D eigenvalue weighted by Crippen LogP contribution is 2.29. The Labute approximate surface area is 180 Å². The van der Waals surface area contributed by atoms with Crippen LogP contribution < -0.4 is 21.7 Å². The number of halogens is 1. The van der Waals surface area contributed by atoms with Gasteiger partial charge in [-0.3, -0.25) is 9.48 Å². The topological polar surface area (TPSA) is 115 Å². The van der Waals surface area contributed by atoms with E-state index in [-0.39, 0.29) is 17.4 Å². The molecule has 0 saturated carbocycles. The number of hydrogen-bond donors (Lipinski definition) is 3. The quantitative estimate of drug-likeness (QED) is 0.594. The molecule has 1 fully saturated rings. The predicted molar refractivity (Wildman–Crippen MR) is 119 cm³/mol. The van der Waals surface area contributed by atoms with E-state index in [2.05, 4.69) is 20.3 Å². The van der Waals surface area contributed by atoms with Crippen molar-refractivity contribution >= 4 is 23.1 Å². The summed E-state index contributed by atoms with van der Waals surface area (Å²) < 4.78 is 15.9. The lowest BCUT2D eigenvalue weighted by Crippen LogP contribution is -2.37. The zero-order valence-corrected chi connectivity index (χ0v) is 17.4. The standard InChI is InChI=1S/C22H26FN7O/c1-29-22(30-11-5-4-6-14(24)13-30)19(12-26-29)28-21(31)20-17(25)9-10-18(27-20)15-7-2-3-8-16(15)23/h2-3,7-10,12,14H,4-6,11,13,24-25H2,1H3,(H,28,31)/t14-/m0/s1. The van der Waals surface area contributed by atoms with Crippen molar-refractivity contribution in [2.45, 2.75) is 25.3 Å². The van der Waals surface area contributed by atoms with E-state index < -0.39 is 11.7 Å². The minimum Gasteiger partial charge on any atom is -0.397 e. The van der Waals surface area contributed by atoms with Gasteiger partial charge in [-0.1, -0.05) is 18.6 Å². The van der Waals surface area contributed by atoms with Crippen LogP contribution in [0.15, 0.2) is 42.6 Å². The lowest BCUT2D eigenvalue weighted by Gasteiger charge is -2.26. The van der Waals surface area contributed by atoms with Gasteiger partial charge < -0.3 is 21.7 Å². The number of rotatable bonds is 4. The fourth-order valence-electron chi connectivity index (χ4n) is 3.91. The zero-order valence-electron chi connectivity index (χ0n) is 17.4. The molecule has 1 aliphatic rings. The van der Waals surface area contributed by atoms with Crippen molar-refractivity contribution in [1.29, 1.82) is 0 Å². The summed E-state index contributed by atoms with van der Waals surface area (Å²) >= 11 is 0. The van der Waals surface area contributed by atoms with Crippen molar-refractivity contribution in [2.24, 2.45) is 12.8 Å². The number of pyridine rings is 1. The Kier molecular flexibility index (Phi) is 5.85. The Morgan fingerprint density at radius 2 is 2.03 bits per heavy atom. The van der Waals surface area contributed by atoms with Crippen LogP contribution in [0.5, 0.6) is 0 Å². The Hall–Kier alpha value is -3.46. The van der Waals surface area contributed by atoms with Gasteiger partial charge in [0, 0.05) is 31.7 Å². The molecule has 9 heteroatoms. The average Bonchev–Trinajstić information content (AvgIpc) is 2.96. The lowest BCUT2D eigenvalue weighted by atomic mass is 10.1. The highest BCUT2D eigenvalue weighted by Gasteiger charge is 2.23. The van der Waals surface area contributed by atoms with Crippen LogP contribution in [0.25, 0.3) is 11.3 Å². The number of hydrogen-bond acceptors (Lipinski definition) is 6. The van der Waals surface area contributed by atoms with Crippen molar-refractivity contribution < 1.29 is 9.18 Å². The second-order valence-corrected chi connectivity index (χ2v) is 7.78. The summed E-state index contributed by atoms with van der Waals surface area (Å²) in [6.07, 6.45) is 4.66. The molecule has 1 aromatic carbocycles. The van der Waals surface area contributed by atoms with Gasteiger partial charge in [0.15, 0.2) is 11.5 Å². The van der Waals surface area contributed by atoms with E-state index in [9.17, 15) is 9.18 Å². The number of nitrogens with one attached hydrogen (secondary N) is 1. The molecule has 0 bridgehead atoms. The van der Waals surface area contributed by atoms with Crippen LogP contribution in [0.4, 0.5) is 21.6 Å². The van der Waals surface area contributed by atoms with Crippen LogP contribution >= 0.6 is 0 Å². The van der Waals surface area contributed by atoms with E-state index in [1.54, 1.807) is 41.2 Å². The van der Waals surface area contributed by atoms with E-state index in [4.69, 9.17) is 11.5 Å². The molecule has 1 aliphatic heterocycles. The summed E-state index contributed by atoms with van der Waals surface area (Å²) in [4.78, 5) is 19.5. The maximum absolute atomic E-state index is 14.2. The number of carbonyl (C=O) groups is 1. The molecular weight excluding hydrogens is 397 g/mol. The molecule has 31 heavy (non-hydrogen) atoms. The van der Waals surface area contributed by atoms with Gasteiger partial charge in [-0.15, -0.1) is 0 Å². The lowest BCUT2D eigenvalue weighted by molar-refractivity contribution is 0.102. The molecular formula is C22H26FN7O. The molecule has 2 aromatic heterocycles. The highest BCUT2D eigenvalue weighted by molar-refractivity contribution is 6.07. The number of carbonyl (C=O) groups excluding carboxylic acids is 1. The minimum atomic E-state index is -0.482. The number of anilines is 3. The van der Waals surface area contributed by atoms with Gasteiger partial charge in [0.1, 0.15) is 11.5 Å². The fraction of sp³-hybridized carbons (Fsp3) is 0.318.